The van der Waals surface area contributed by atoms with Gasteiger partial charge in [0.05, 0.1) is 4.53 Å². The van der Waals surface area contributed by atoms with Crippen LogP contribution >= 0.6 is 22.9 Å². The number of fused-ring (bicyclic) bond motifs is 1. The van der Waals surface area contributed by atoms with Crippen molar-refractivity contribution in [3.8, 4) is 0 Å². The number of hydrogen-bond acceptors (Lipinski definition) is 5. The fourth-order valence-corrected chi connectivity index (χ4v) is 4.09. The summed E-state index contributed by atoms with van der Waals surface area (Å²) < 4.78 is 2.30. The van der Waals surface area contributed by atoms with E-state index >= 15 is 0 Å². The van der Waals surface area contributed by atoms with E-state index in [2.05, 4.69) is 4.99 Å². The van der Waals surface area contributed by atoms with Gasteiger partial charge in [-0.25, -0.2) is 4.99 Å². The summed E-state index contributed by atoms with van der Waals surface area (Å²) in [6, 6.07) is 14.7. The zero-order valence-corrected chi connectivity index (χ0v) is 16.1. The number of ketones is 1. The first-order valence-electron chi connectivity index (χ1n) is 8.38. The van der Waals surface area contributed by atoms with Gasteiger partial charge in [-0.05, 0) is 55.0 Å². The second-order valence-corrected chi connectivity index (χ2v) is 7.71. The first-order chi connectivity index (χ1) is 13.0. The van der Waals surface area contributed by atoms with Gasteiger partial charge >= 0.3 is 0 Å². The summed E-state index contributed by atoms with van der Waals surface area (Å²) in [6.07, 6.45) is 1.84. The van der Waals surface area contributed by atoms with Crippen molar-refractivity contribution in [2.24, 2.45) is 4.99 Å². The van der Waals surface area contributed by atoms with E-state index in [-0.39, 0.29) is 11.3 Å². The van der Waals surface area contributed by atoms with Crippen LogP contribution in [0.2, 0.25) is 5.02 Å². The summed E-state index contributed by atoms with van der Waals surface area (Å²) in [5, 5.41) is 0.634. The lowest BCUT2D eigenvalue weighted by Crippen LogP contribution is -2.42. The molecule has 4 rings (SSSR count). The normalized spacial score (nSPS) is 14.0. The number of carbonyl (C=O) groups is 1. The molecule has 1 aromatic heterocycles. The summed E-state index contributed by atoms with van der Waals surface area (Å²) in [5.41, 5.74) is 2.41. The zero-order chi connectivity index (χ0) is 19.0. The first kappa shape index (κ1) is 17.7. The number of nitrogens with zero attached hydrogens (tertiary/aromatic N) is 3. The molecule has 7 heteroatoms. The highest BCUT2D eigenvalue weighted by Crippen LogP contribution is 2.17. The SMILES string of the molecule is CC(=O)c1ccc(N2CN=c3sc(=Cc4cccc(Cl)c4)c(=O)n3C2)cc1. The molecular formula is C20H16ClN3O2S. The van der Waals surface area contributed by atoms with Crippen LogP contribution in [0.3, 0.4) is 0 Å². The molecule has 0 spiro atoms. The number of hydrogen-bond donors (Lipinski definition) is 0. The van der Waals surface area contributed by atoms with Gasteiger partial charge in [0.1, 0.15) is 13.3 Å². The monoisotopic (exact) mass is 397 g/mol. The van der Waals surface area contributed by atoms with Gasteiger partial charge in [0.25, 0.3) is 5.56 Å². The predicted molar refractivity (Wildman–Crippen MR) is 108 cm³/mol. The molecule has 0 saturated carbocycles. The molecule has 0 bridgehead atoms. The molecule has 2 aromatic carbocycles. The lowest BCUT2D eigenvalue weighted by Gasteiger charge is -2.25. The zero-order valence-electron chi connectivity index (χ0n) is 14.6. The summed E-state index contributed by atoms with van der Waals surface area (Å²) in [5.74, 6) is 0.0300. The summed E-state index contributed by atoms with van der Waals surface area (Å²) in [4.78, 5) is 31.5. The van der Waals surface area contributed by atoms with Crippen LogP contribution in [0.15, 0.2) is 58.3 Å². The molecule has 0 atom stereocenters. The number of carbonyl (C=O) groups excluding carboxylic acids is 1. The second kappa shape index (κ2) is 7.13. The molecule has 1 aliphatic heterocycles. The van der Waals surface area contributed by atoms with Gasteiger partial charge in [0.15, 0.2) is 10.6 Å². The third-order valence-corrected chi connectivity index (χ3v) is 5.64. The van der Waals surface area contributed by atoms with Crippen LogP contribution in [0.25, 0.3) is 6.08 Å². The smallest absolute Gasteiger partial charge is 0.271 e. The number of anilines is 1. The molecule has 0 unspecified atom stereocenters. The molecule has 136 valence electrons. The number of halogens is 1. The van der Waals surface area contributed by atoms with Crippen molar-refractivity contribution in [1.29, 1.82) is 0 Å². The minimum absolute atomic E-state index is 0.0300. The fraction of sp³-hybridized carbons (Fsp3) is 0.150. The highest BCUT2D eigenvalue weighted by Gasteiger charge is 2.16. The van der Waals surface area contributed by atoms with Crippen LogP contribution in [-0.2, 0) is 6.67 Å². The molecule has 5 nitrogen and oxygen atoms in total. The Kier molecular flexibility index (Phi) is 4.68. The molecule has 0 aliphatic carbocycles. The average molecular weight is 398 g/mol. The molecular weight excluding hydrogens is 382 g/mol. The van der Waals surface area contributed by atoms with Crippen molar-refractivity contribution < 1.29 is 4.79 Å². The van der Waals surface area contributed by atoms with Gasteiger partial charge < -0.3 is 4.90 Å². The number of aromatic nitrogens is 1. The number of Topliss-reactive ketones (excluding diaryl/α,β-unsaturated/α-hetero) is 1. The Balaban J connectivity index is 1.67. The maximum Gasteiger partial charge on any atom is 0.271 e. The molecule has 0 amide bonds. The molecule has 0 N–H and O–H groups in total. The third kappa shape index (κ3) is 3.59. The van der Waals surface area contributed by atoms with Crippen LogP contribution in [0.5, 0.6) is 0 Å². The number of benzene rings is 2. The van der Waals surface area contributed by atoms with Crippen LogP contribution in [0, 0.1) is 0 Å². The fourth-order valence-electron chi connectivity index (χ4n) is 2.93. The molecule has 0 saturated heterocycles. The summed E-state index contributed by atoms with van der Waals surface area (Å²) in [6.45, 7) is 2.44. The van der Waals surface area contributed by atoms with E-state index in [0.717, 1.165) is 11.3 Å². The summed E-state index contributed by atoms with van der Waals surface area (Å²) >= 11 is 7.40. The first-order valence-corrected chi connectivity index (χ1v) is 9.58. The molecule has 0 radical (unpaired) electrons. The Morgan fingerprint density at radius 1 is 1.22 bits per heavy atom. The maximum atomic E-state index is 12.8. The standard InChI is InChI=1S/C20H16ClN3O2S/c1-13(25)15-5-7-17(8-6-15)23-11-22-20-24(12-23)19(26)18(27-20)10-14-3-2-4-16(21)9-14/h2-10H,11-12H2,1H3. The number of rotatable bonds is 3. The molecule has 2 heterocycles. The largest absolute Gasteiger partial charge is 0.334 e. The van der Waals surface area contributed by atoms with Crippen LogP contribution in [-0.4, -0.2) is 17.0 Å². The van der Waals surface area contributed by atoms with Crippen molar-refractivity contribution in [2.45, 2.75) is 13.6 Å². The lowest BCUT2D eigenvalue weighted by atomic mass is 10.1. The lowest BCUT2D eigenvalue weighted by molar-refractivity contribution is 0.101. The van der Waals surface area contributed by atoms with Crippen LogP contribution in [0.1, 0.15) is 22.8 Å². The third-order valence-electron chi connectivity index (χ3n) is 4.36. The van der Waals surface area contributed by atoms with E-state index < -0.39 is 0 Å². The van der Waals surface area contributed by atoms with Crippen molar-refractivity contribution in [2.75, 3.05) is 11.6 Å². The van der Waals surface area contributed by atoms with E-state index in [9.17, 15) is 9.59 Å². The van der Waals surface area contributed by atoms with Crippen molar-refractivity contribution in [3.05, 3.63) is 84.4 Å². The highest BCUT2D eigenvalue weighted by atomic mass is 35.5. The van der Waals surface area contributed by atoms with E-state index in [1.807, 2.05) is 41.3 Å². The van der Waals surface area contributed by atoms with Gasteiger partial charge in [-0.15, -0.1) is 0 Å². The Morgan fingerprint density at radius 3 is 2.70 bits per heavy atom. The second-order valence-electron chi connectivity index (χ2n) is 6.27. The Labute approximate surface area is 164 Å². The Hall–Kier alpha value is -2.70. The quantitative estimate of drug-likeness (QED) is 0.638. The van der Waals surface area contributed by atoms with Gasteiger partial charge in [-0.2, -0.15) is 0 Å². The van der Waals surface area contributed by atoms with Gasteiger partial charge in [0, 0.05) is 16.3 Å². The van der Waals surface area contributed by atoms with Crippen LogP contribution in [0.4, 0.5) is 5.69 Å². The van der Waals surface area contributed by atoms with E-state index in [1.54, 1.807) is 29.7 Å². The van der Waals surface area contributed by atoms with E-state index in [4.69, 9.17) is 11.6 Å². The van der Waals surface area contributed by atoms with Gasteiger partial charge in [0.2, 0.25) is 0 Å². The van der Waals surface area contributed by atoms with Gasteiger partial charge in [-0.3, -0.25) is 14.2 Å². The topological polar surface area (TPSA) is 54.7 Å². The molecule has 1 aliphatic rings. The molecule has 27 heavy (non-hydrogen) atoms. The minimum Gasteiger partial charge on any atom is -0.334 e. The van der Waals surface area contributed by atoms with Crippen molar-refractivity contribution >= 4 is 40.5 Å². The summed E-state index contributed by atoms with van der Waals surface area (Å²) in [7, 11) is 0. The van der Waals surface area contributed by atoms with Crippen molar-refractivity contribution in [1.82, 2.24) is 4.57 Å². The highest BCUT2D eigenvalue weighted by molar-refractivity contribution is 7.07. The predicted octanol–water partition coefficient (Wildman–Crippen LogP) is 2.65. The molecule has 0 fully saturated rings. The van der Waals surface area contributed by atoms with E-state index in [1.165, 1.54) is 11.3 Å². The molecule has 3 aromatic rings. The van der Waals surface area contributed by atoms with E-state index in [0.29, 0.717) is 33.3 Å². The van der Waals surface area contributed by atoms with Gasteiger partial charge in [-0.1, -0.05) is 35.1 Å². The van der Waals surface area contributed by atoms with Crippen molar-refractivity contribution in [3.63, 3.8) is 0 Å². The average Bonchev–Trinajstić information content (AvgIpc) is 2.97. The van der Waals surface area contributed by atoms with Crippen LogP contribution < -0.4 is 19.8 Å². The minimum atomic E-state index is -0.0659. The Morgan fingerprint density at radius 2 is 2.00 bits per heavy atom. The maximum absolute atomic E-state index is 12.8. The number of thiazole rings is 1. The Bertz CT molecular complexity index is 1200.